The lowest BCUT2D eigenvalue weighted by molar-refractivity contribution is -0.149. The van der Waals surface area contributed by atoms with E-state index < -0.39 is 24.0 Å². The molecule has 4 N–H and O–H groups in total. The van der Waals surface area contributed by atoms with Crippen molar-refractivity contribution in [2.24, 2.45) is 11.7 Å². The summed E-state index contributed by atoms with van der Waals surface area (Å²) in [6.45, 7) is 1.91. The third kappa shape index (κ3) is 2.45. The molecule has 0 aromatic rings. The van der Waals surface area contributed by atoms with Crippen LogP contribution in [0.5, 0.6) is 0 Å². The molecule has 0 spiro atoms. The van der Waals surface area contributed by atoms with Crippen LogP contribution in [0.15, 0.2) is 0 Å². The number of nitrogens with two attached hydrogens (primary N) is 1. The number of nitrogens with zero attached hydrogens (tertiary/aromatic N) is 1. The SMILES string of the molecule is CC(CN)C(=O)N1CC(O)CC1C(=O)O. The number of aliphatic hydroxyl groups is 1. The standard InChI is InChI=1S/C9H16N2O4/c1-5(3-10)8(13)11-4-6(12)2-7(11)9(14)15/h5-7,12H,2-4,10H2,1H3,(H,14,15). The van der Waals surface area contributed by atoms with E-state index >= 15 is 0 Å². The summed E-state index contributed by atoms with van der Waals surface area (Å²) in [5.41, 5.74) is 5.34. The van der Waals surface area contributed by atoms with Crippen LogP contribution in [0.25, 0.3) is 0 Å². The molecule has 3 unspecified atom stereocenters. The van der Waals surface area contributed by atoms with Crippen LogP contribution >= 0.6 is 0 Å². The van der Waals surface area contributed by atoms with Gasteiger partial charge in [0.25, 0.3) is 0 Å². The van der Waals surface area contributed by atoms with Gasteiger partial charge in [-0.1, -0.05) is 6.92 Å². The van der Waals surface area contributed by atoms with Crippen LogP contribution in [0.3, 0.4) is 0 Å². The van der Waals surface area contributed by atoms with Gasteiger partial charge in [0.15, 0.2) is 0 Å². The summed E-state index contributed by atoms with van der Waals surface area (Å²) in [7, 11) is 0. The molecule has 1 aliphatic heterocycles. The normalized spacial score (nSPS) is 27.8. The third-order valence-corrected chi connectivity index (χ3v) is 2.62. The van der Waals surface area contributed by atoms with Gasteiger partial charge in [-0.05, 0) is 0 Å². The molecule has 0 aliphatic carbocycles. The number of carbonyl (C=O) groups is 2. The van der Waals surface area contributed by atoms with E-state index in [9.17, 15) is 14.7 Å². The quantitative estimate of drug-likeness (QED) is 0.540. The van der Waals surface area contributed by atoms with E-state index in [1.165, 1.54) is 4.90 Å². The highest BCUT2D eigenvalue weighted by Gasteiger charge is 2.39. The second-order valence-corrected chi connectivity index (χ2v) is 3.87. The summed E-state index contributed by atoms with van der Waals surface area (Å²) in [5, 5.41) is 18.2. The van der Waals surface area contributed by atoms with Crippen LogP contribution < -0.4 is 5.73 Å². The number of aliphatic hydroxyl groups excluding tert-OH is 1. The minimum Gasteiger partial charge on any atom is -0.480 e. The van der Waals surface area contributed by atoms with Crippen molar-refractivity contribution in [3.05, 3.63) is 0 Å². The van der Waals surface area contributed by atoms with E-state index in [2.05, 4.69) is 0 Å². The van der Waals surface area contributed by atoms with E-state index in [4.69, 9.17) is 10.8 Å². The largest absolute Gasteiger partial charge is 0.480 e. The summed E-state index contributed by atoms with van der Waals surface area (Å²) in [5.74, 6) is -1.79. The number of hydrogen-bond acceptors (Lipinski definition) is 4. The fourth-order valence-electron chi connectivity index (χ4n) is 1.68. The van der Waals surface area contributed by atoms with Gasteiger partial charge in [0, 0.05) is 25.4 Å². The summed E-state index contributed by atoms with van der Waals surface area (Å²) in [6.07, 6.45) is -0.654. The Morgan fingerprint density at radius 2 is 2.20 bits per heavy atom. The lowest BCUT2D eigenvalue weighted by Gasteiger charge is -2.23. The molecule has 6 heteroatoms. The molecule has 1 saturated heterocycles. The van der Waals surface area contributed by atoms with Crippen LogP contribution in [0.2, 0.25) is 0 Å². The predicted molar refractivity (Wildman–Crippen MR) is 52.0 cm³/mol. The predicted octanol–water partition coefficient (Wildman–Crippen LogP) is -1.37. The molecule has 15 heavy (non-hydrogen) atoms. The van der Waals surface area contributed by atoms with Crippen LogP contribution in [0, 0.1) is 5.92 Å². The smallest absolute Gasteiger partial charge is 0.326 e. The van der Waals surface area contributed by atoms with Crippen molar-refractivity contribution in [1.82, 2.24) is 4.90 Å². The number of amides is 1. The summed E-state index contributed by atoms with van der Waals surface area (Å²) >= 11 is 0. The molecule has 1 fully saturated rings. The zero-order valence-corrected chi connectivity index (χ0v) is 8.59. The van der Waals surface area contributed by atoms with Crippen molar-refractivity contribution in [1.29, 1.82) is 0 Å². The van der Waals surface area contributed by atoms with Gasteiger partial charge in [-0.15, -0.1) is 0 Å². The Bertz CT molecular complexity index is 269. The number of carboxylic acid groups (broad SMARTS) is 1. The minimum absolute atomic E-state index is 0.0835. The van der Waals surface area contributed by atoms with Gasteiger partial charge in [-0.3, -0.25) is 4.79 Å². The molecule has 86 valence electrons. The molecular formula is C9H16N2O4. The maximum absolute atomic E-state index is 11.7. The number of β-amino-alcohol motifs (C(OH)–C–C–N with tert-alkyl or cyclic N) is 1. The van der Waals surface area contributed by atoms with Crippen molar-refractivity contribution in [2.75, 3.05) is 13.1 Å². The Labute approximate surface area is 87.7 Å². The lowest BCUT2D eigenvalue weighted by atomic mass is 10.1. The van der Waals surface area contributed by atoms with Crippen molar-refractivity contribution >= 4 is 11.9 Å². The topological polar surface area (TPSA) is 104 Å². The van der Waals surface area contributed by atoms with Gasteiger partial charge < -0.3 is 20.8 Å². The average molecular weight is 216 g/mol. The molecule has 1 aliphatic rings. The Balaban J connectivity index is 2.75. The van der Waals surface area contributed by atoms with Crippen LogP contribution in [0.4, 0.5) is 0 Å². The van der Waals surface area contributed by atoms with Gasteiger partial charge in [0.2, 0.25) is 5.91 Å². The first-order valence-corrected chi connectivity index (χ1v) is 4.88. The molecule has 0 saturated carbocycles. The number of likely N-dealkylation sites (tertiary alicyclic amines) is 1. The van der Waals surface area contributed by atoms with Crippen molar-refractivity contribution in [3.63, 3.8) is 0 Å². The Kier molecular flexibility index (Phi) is 3.65. The summed E-state index contributed by atoms with van der Waals surface area (Å²) < 4.78 is 0. The maximum Gasteiger partial charge on any atom is 0.326 e. The second-order valence-electron chi connectivity index (χ2n) is 3.87. The highest BCUT2D eigenvalue weighted by Crippen LogP contribution is 2.20. The molecule has 0 aromatic heterocycles. The van der Waals surface area contributed by atoms with Crippen LogP contribution in [-0.2, 0) is 9.59 Å². The van der Waals surface area contributed by atoms with E-state index in [0.29, 0.717) is 0 Å². The third-order valence-electron chi connectivity index (χ3n) is 2.62. The van der Waals surface area contributed by atoms with Gasteiger partial charge in [0.05, 0.1) is 6.10 Å². The molecule has 6 nitrogen and oxygen atoms in total. The first-order chi connectivity index (χ1) is 6.97. The fourth-order valence-corrected chi connectivity index (χ4v) is 1.68. The molecule has 0 radical (unpaired) electrons. The summed E-state index contributed by atoms with van der Waals surface area (Å²) in [6, 6.07) is -0.915. The molecular weight excluding hydrogens is 200 g/mol. The van der Waals surface area contributed by atoms with Gasteiger partial charge in [0.1, 0.15) is 6.04 Å². The molecule has 1 rings (SSSR count). The summed E-state index contributed by atoms with van der Waals surface area (Å²) in [4.78, 5) is 23.7. The van der Waals surface area contributed by atoms with Gasteiger partial charge in [-0.25, -0.2) is 4.79 Å². The molecule has 1 amide bonds. The monoisotopic (exact) mass is 216 g/mol. The molecule has 0 aromatic carbocycles. The number of aliphatic carboxylic acids is 1. The maximum atomic E-state index is 11.7. The zero-order chi connectivity index (χ0) is 11.6. The van der Waals surface area contributed by atoms with Crippen molar-refractivity contribution in [2.45, 2.75) is 25.5 Å². The second kappa shape index (κ2) is 4.59. The Morgan fingerprint density at radius 3 is 2.67 bits per heavy atom. The highest BCUT2D eigenvalue weighted by atomic mass is 16.4. The van der Waals surface area contributed by atoms with E-state index in [1.54, 1.807) is 6.92 Å². The fraction of sp³-hybridized carbons (Fsp3) is 0.778. The van der Waals surface area contributed by atoms with Crippen molar-refractivity contribution < 1.29 is 19.8 Å². The molecule has 0 bridgehead atoms. The number of carboxylic acids is 1. The first-order valence-electron chi connectivity index (χ1n) is 4.88. The Morgan fingerprint density at radius 1 is 1.60 bits per heavy atom. The molecule has 3 atom stereocenters. The average Bonchev–Trinajstić information content (AvgIpc) is 2.58. The van der Waals surface area contributed by atoms with E-state index in [-0.39, 0.29) is 25.4 Å². The number of hydrogen-bond donors (Lipinski definition) is 3. The van der Waals surface area contributed by atoms with E-state index in [1.807, 2.05) is 0 Å². The highest BCUT2D eigenvalue weighted by molar-refractivity contribution is 5.85. The van der Waals surface area contributed by atoms with Gasteiger partial charge in [-0.2, -0.15) is 0 Å². The van der Waals surface area contributed by atoms with Gasteiger partial charge >= 0.3 is 5.97 Å². The number of rotatable bonds is 3. The van der Waals surface area contributed by atoms with Crippen LogP contribution in [0.1, 0.15) is 13.3 Å². The minimum atomic E-state index is -1.08. The zero-order valence-electron chi connectivity index (χ0n) is 8.59. The number of carbonyl (C=O) groups excluding carboxylic acids is 1. The Hall–Kier alpha value is -1.14. The van der Waals surface area contributed by atoms with Crippen molar-refractivity contribution in [3.8, 4) is 0 Å². The van der Waals surface area contributed by atoms with E-state index in [0.717, 1.165) is 0 Å². The lowest BCUT2D eigenvalue weighted by Crippen LogP contribution is -2.44. The molecule has 1 heterocycles. The van der Waals surface area contributed by atoms with Crippen LogP contribution in [-0.4, -0.2) is 52.2 Å². The first kappa shape index (κ1) is 11.9.